The molecule has 98 valence electrons. The van der Waals surface area contributed by atoms with Crippen molar-refractivity contribution in [1.29, 1.82) is 0 Å². The summed E-state index contributed by atoms with van der Waals surface area (Å²) in [5, 5.41) is 10.2. The Morgan fingerprint density at radius 2 is 2.22 bits per heavy atom. The highest BCUT2D eigenvalue weighted by molar-refractivity contribution is 6.30. The van der Waals surface area contributed by atoms with Gasteiger partial charge in [0.05, 0.1) is 17.8 Å². The van der Waals surface area contributed by atoms with Crippen molar-refractivity contribution in [3.8, 4) is 5.75 Å². The van der Waals surface area contributed by atoms with Crippen LogP contribution in [0.15, 0.2) is 18.2 Å². The minimum Gasteiger partial charge on any atom is -0.507 e. The van der Waals surface area contributed by atoms with E-state index in [4.69, 9.17) is 16.3 Å². The predicted octanol–water partition coefficient (Wildman–Crippen LogP) is 2.30. The van der Waals surface area contributed by atoms with Crippen LogP contribution in [0.4, 0.5) is 0 Å². The second-order valence-corrected chi connectivity index (χ2v) is 5.43. The molecule has 1 saturated heterocycles. The predicted molar refractivity (Wildman–Crippen MR) is 69.1 cm³/mol. The Bertz CT molecular complexity index is 473. The lowest BCUT2D eigenvalue weighted by molar-refractivity contribution is -0.0764. The van der Waals surface area contributed by atoms with Gasteiger partial charge < -0.3 is 14.7 Å². The minimum absolute atomic E-state index is 0.0863. The van der Waals surface area contributed by atoms with E-state index >= 15 is 0 Å². The monoisotopic (exact) mass is 269 g/mol. The third-order valence-electron chi connectivity index (χ3n) is 2.90. The molecule has 1 N–H and O–H groups in total. The molecule has 1 aliphatic heterocycles. The number of carbonyl (C=O) groups is 1. The summed E-state index contributed by atoms with van der Waals surface area (Å²) in [6.07, 6.45) is 0. The molecule has 1 heterocycles. The van der Waals surface area contributed by atoms with Crippen molar-refractivity contribution in [3.05, 3.63) is 28.8 Å². The van der Waals surface area contributed by atoms with Crippen molar-refractivity contribution in [2.75, 3.05) is 19.7 Å². The van der Waals surface area contributed by atoms with Crippen molar-refractivity contribution >= 4 is 17.5 Å². The van der Waals surface area contributed by atoms with E-state index in [0.717, 1.165) is 0 Å². The molecule has 2 rings (SSSR count). The smallest absolute Gasteiger partial charge is 0.257 e. The van der Waals surface area contributed by atoms with Crippen molar-refractivity contribution in [3.63, 3.8) is 0 Å². The van der Waals surface area contributed by atoms with E-state index in [0.29, 0.717) is 24.7 Å². The van der Waals surface area contributed by atoms with Gasteiger partial charge in [-0.3, -0.25) is 4.79 Å². The summed E-state index contributed by atoms with van der Waals surface area (Å²) in [6, 6.07) is 4.52. The Balaban J connectivity index is 2.20. The van der Waals surface area contributed by atoms with E-state index in [1.54, 1.807) is 17.0 Å². The molecule has 18 heavy (non-hydrogen) atoms. The van der Waals surface area contributed by atoms with Crippen LogP contribution in [-0.2, 0) is 4.74 Å². The van der Waals surface area contributed by atoms with E-state index in [1.165, 1.54) is 6.07 Å². The number of halogens is 1. The van der Waals surface area contributed by atoms with Gasteiger partial charge in [-0.1, -0.05) is 11.6 Å². The standard InChI is InChI=1S/C13H16ClNO3/c1-13(2)8-15(5-6-18-13)12(17)10-4-3-9(14)7-11(10)16/h3-4,7,16H,5-6,8H2,1-2H3. The molecule has 1 amide bonds. The Hall–Kier alpha value is -1.26. The van der Waals surface area contributed by atoms with Gasteiger partial charge in [0.25, 0.3) is 5.91 Å². The van der Waals surface area contributed by atoms with Crippen LogP contribution in [0, 0.1) is 0 Å². The normalized spacial score (nSPS) is 18.7. The lowest BCUT2D eigenvalue weighted by Crippen LogP contribution is -2.50. The molecule has 0 spiro atoms. The molecule has 1 fully saturated rings. The van der Waals surface area contributed by atoms with Crippen LogP contribution in [0.1, 0.15) is 24.2 Å². The number of phenolic OH excluding ortho intramolecular Hbond substituents is 1. The van der Waals surface area contributed by atoms with E-state index in [2.05, 4.69) is 0 Å². The number of phenols is 1. The Labute approximate surface area is 111 Å². The first kappa shape index (κ1) is 13.2. The number of rotatable bonds is 1. The van der Waals surface area contributed by atoms with Crippen molar-refractivity contribution in [2.24, 2.45) is 0 Å². The largest absolute Gasteiger partial charge is 0.507 e. The number of nitrogens with zero attached hydrogens (tertiary/aromatic N) is 1. The quantitative estimate of drug-likeness (QED) is 0.851. The van der Waals surface area contributed by atoms with Gasteiger partial charge in [-0.25, -0.2) is 0 Å². The number of hydrogen-bond acceptors (Lipinski definition) is 3. The van der Waals surface area contributed by atoms with Gasteiger partial charge in [0.1, 0.15) is 5.75 Å². The summed E-state index contributed by atoms with van der Waals surface area (Å²) in [6.45, 7) is 5.42. The fourth-order valence-electron chi connectivity index (χ4n) is 2.05. The molecular formula is C13H16ClNO3. The molecule has 1 aliphatic rings. The molecule has 0 aromatic heterocycles. The number of carbonyl (C=O) groups excluding carboxylic acids is 1. The van der Waals surface area contributed by atoms with Crippen LogP contribution in [0.25, 0.3) is 0 Å². The van der Waals surface area contributed by atoms with Gasteiger partial charge in [0.15, 0.2) is 0 Å². The highest BCUT2D eigenvalue weighted by atomic mass is 35.5. The molecule has 1 aromatic rings. The zero-order valence-electron chi connectivity index (χ0n) is 10.4. The summed E-state index contributed by atoms with van der Waals surface area (Å²) in [5.74, 6) is -0.280. The molecule has 1 aromatic carbocycles. The van der Waals surface area contributed by atoms with E-state index in [1.807, 2.05) is 13.8 Å². The lowest BCUT2D eigenvalue weighted by atomic mass is 10.1. The van der Waals surface area contributed by atoms with Crippen LogP contribution in [0.3, 0.4) is 0 Å². The zero-order chi connectivity index (χ0) is 13.3. The maximum atomic E-state index is 12.3. The van der Waals surface area contributed by atoms with E-state index in [-0.39, 0.29) is 22.8 Å². The Morgan fingerprint density at radius 1 is 1.50 bits per heavy atom. The summed E-state index contributed by atoms with van der Waals surface area (Å²) < 4.78 is 5.55. The first-order chi connectivity index (χ1) is 8.39. The number of ether oxygens (including phenoxy) is 1. The first-order valence-corrected chi connectivity index (χ1v) is 6.19. The summed E-state index contributed by atoms with van der Waals surface area (Å²) in [5.41, 5.74) is -0.0761. The molecule has 0 saturated carbocycles. The molecule has 0 aliphatic carbocycles. The van der Waals surface area contributed by atoms with Crippen LogP contribution in [0.2, 0.25) is 5.02 Å². The number of amides is 1. The fourth-order valence-corrected chi connectivity index (χ4v) is 2.21. The maximum Gasteiger partial charge on any atom is 0.257 e. The van der Waals surface area contributed by atoms with Gasteiger partial charge >= 0.3 is 0 Å². The molecule has 4 nitrogen and oxygen atoms in total. The highest BCUT2D eigenvalue weighted by Crippen LogP contribution is 2.25. The van der Waals surface area contributed by atoms with Crippen LogP contribution >= 0.6 is 11.6 Å². The molecule has 0 radical (unpaired) electrons. The molecule has 0 bridgehead atoms. The summed E-state index contributed by atoms with van der Waals surface area (Å²) >= 11 is 5.75. The van der Waals surface area contributed by atoms with E-state index < -0.39 is 0 Å². The summed E-state index contributed by atoms with van der Waals surface area (Å²) in [4.78, 5) is 14.0. The third-order valence-corrected chi connectivity index (χ3v) is 3.14. The second-order valence-electron chi connectivity index (χ2n) is 5.00. The zero-order valence-corrected chi connectivity index (χ0v) is 11.2. The third kappa shape index (κ3) is 2.76. The minimum atomic E-state index is -0.351. The number of benzene rings is 1. The fraction of sp³-hybridized carbons (Fsp3) is 0.462. The second kappa shape index (κ2) is 4.78. The van der Waals surface area contributed by atoms with Crippen LogP contribution in [-0.4, -0.2) is 41.2 Å². The number of morpholine rings is 1. The number of hydrogen-bond donors (Lipinski definition) is 1. The first-order valence-electron chi connectivity index (χ1n) is 5.81. The SMILES string of the molecule is CC1(C)CN(C(=O)c2ccc(Cl)cc2O)CCO1. The van der Waals surface area contributed by atoms with Crippen molar-refractivity contribution < 1.29 is 14.6 Å². The topological polar surface area (TPSA) is 49.8 Å². The Morgan fingerprint density at radius 3 is 2.83 bits per heavy atom. The van der Waals surface area contributed by atoms with Gasteiger partial charge in [-0.15, -0.1) is 0 Å². The van der Waals surface area contributed by atoms with Gasteiger partial charge in [-0.2, -0.15) is 0 Å². The highest BCUT2D eigenvalue weighted by Gasteiger charge is 2.31. The average Bonchev–Trinajstić information content (AvgIpc) is 2.27. The molecule has 0 unspecified atom stereocenters. The van der Waals surface area contributed by atoms with Crippen molar-refractivity contribution in [2.45, 2.75) is 19.4 Å². The van der Waals surface area contributed by atoms with Crippen molar-refractivity contribution in [1.82, 2.24) is 4.90 Å². The molecule has 0 atom stereocenters. The summed E-state index contributed by atoms with van der Waals surface area (Å²) in [7, 11) is 0. The van der Waals surface area contributed by atoms with Crippen LogP contribution in [0.5, 0.6) is 5.75 Å². The van der Waals surface area contributed by atoms with Gasteiger partial charge in [0, 0.05) is 18.1 Å². The average molecular weight is 270 g/mol. The molecule has 5 heteroatoms. The molecular weight excluding hydrogens is 254 g/mol. The van der Waals surface area contributed by atoms with Crippen LogP contribution < -0.4 is 0 Å². The van der Waals surface area contributed by atoms with Gasteiger partial charge in [-0.05, 0) is 32.0 Å². The maximum absolute atomic E-state index is 12.3. The Kier molecular flexibility index (Phi) is 3.50. The number of aromatic hydroxyl groups is 1. The lowest BCUT2D eigenvalue weighted by Gasteiger charge is -2.38. The van der Waals surface area contributed by atoms with Gasteiger partial charge in [0.2, 0.25) is 0 Å². The van der Waals surface area contributed by atoms with E-state index in [9.17, 15) is 9.90 Å².